The highest BCUT2D eigenvalue weighted by molar-refractivity contribution is 5.94. The van der Waals surface area contributed by atoms with Crippen molar-refractivity contribution in [3.63, 3.8) is 0 Å². The lowest BCUT2D eigenvalue weighted by molar-refractivity contribution is -0.161. The van der Waals surface area contributed by atoms with Crippen LogP contribution < -0.4 is 0 Å². The highest BCUT2D eigenvalue weighted by Gasteiger charge is 2.47. The molecular formula is C12H16O3. The Morgan fingerprint density at radius 3 is 2.67 bits per heavy atom. The van der Waals surface area contributed by atoms with Gasteiger partial charge in [0.2, 0.25) is 0 Å². The summed E-state index contributed by atoms with van der Waals surface area (Å²) in [5.74, 6) is 0.386. The van der Waals surface area contributed by atoms with Crippen molar-refractivity contribution >= 4 is 11.8 Å². The van der Waals surface area contributed by atoms with Crippen molar-refractivity contribution in [1.82, 2.24) is 0 Å². The van der Waals surface area contributed by atoms with Gasteiger partial charge in [0.15, 0.2) is 0 Å². The Balaban J connectivity index is 1.97. The highest BCUT2D eigenvalue weighted by atomic mass is 16.6. The van der Waals surface area contributed by atoms with Crippen molar-refractivity contribution in [2.24, 2.45) is 11.8 Å². The van der Waals surface area contributed by atoms with Gasteiger partial charge in [0.05, 0.1) is 0 Å². The van der Waals surface area contributed by atoms with Gasteiger partial charge in [-0.2, -0.15) is 0 Å². The zero-order valence-corrected chi connectivity index (χ0v) is 9.16. The van der Waals surface area contributed by atoms with Gasteiger partial charge in [0.25, 0.3) is 0 Å². The van der Waals surface area contributed by atoms with E-state index in [9.17, 15) is 9.59 Å². The van der Waals surface area contributed by atoms with Gasteiger partial charge in [-0.25, -0.2) is 0 Å². The number of fused-ring (bicyclic) bond motifs is 2. The van der Waals surface area contributed by atoms with Crippen LogP contribution >= 0.6 is 0 Å². The molecule has 1 fully saturated rings. The Morgan fingerprint density at radius 2 is 2.20 bits per heavy atom. The zero-order valence-electron chi connectivity index (χ0n) is 9.16. The normalized spacial score (nSPS) is 36.9. The molecule has 15 heavy (non-hydrogen) atoms. The number of ketones is 1. The van der Waals surface area contributed by atoms with Crippen LogP contribution in [0.4, 0.5) is 0 Å². The first-order valence-corrected chi connectivity index (χ1v) is 5.39. The summed E-state index contributed by atoms with van der Waals surface area (Å²) in [6, 6.07) is 0. The molecule has 0 aromatic rings. The van der Waals surface area contributed by atoms with Crippen molar-refractivity contribution in [3.05, 3.63) is 12.2 Å². The van der Waals surface area contributed by atoms with E-state index in [0.29, 0.717) is 11.8 Å². The number of esters is 1. The molecule has 3 unspecified atom stereocenters. The third-order valence-electron chi connectivity index (χ3n) is 3.36. The molecule has 1 saturated carbocycles. The minimum absolute atomic E-state index is 0.101. The largest absolute Gasteiger partial charge is 0.458 e. The van der Waals surface area contributed by atoms with Crippen molar-refractivity contribution < 1.29 is 14.3 Å². The molecule has 0 saturated heterocycles. The van der Waals surface area contributed by atoms with E-state index >= 15 is 0 Å². The van der Waals surface area contributed by atoms with Crippen LogP contribution in [-0.4, -0.2) is 17.4 Å². The summed E-state index contributed by atoms with van der Waals surface area (Å²) in [4.78, 5) is 22.2. The summed E-state index contributed by atoms with van der Waals surface area (Å²) < 4.78 is 5.43. The van der Waals surface area contributed by atoms with E-state index in [1.165, 1.54) is 6.92 Å². The molecule has 2 rings (SSSR count). The average Bonchev–Trinajstić information content (AvgIpc) is 2.59. The van der Waals surface area contributed by atoms with Crippen molar-refractivity contribution in [2.45, 2.75) is 38.7 Å². The van der Waals surface area contributed by atoms with Gasteiger partial charge in [0, 0.05) is 5.92 Å². The Morgan fingerprint density at radius 1 is 1.47 bits per heavy atom. The monoisotopic (exact) mass is 208 g/mol. The Kier molecular flexibility index (Phi) is 2.41. The van der Waals surface area contributed by atoms with E-state index in [1.54, 1.807) is 0 Å². The number of carbonyl (C=O) groups excluding carboxylic acids is 2. The smallest absolute Gasteiger partial charge is 0.313 e. The van der Waals surface area contributed by atoms with Gasteiger partial charge in [-0.15, -0.1) is 0 Å². The molecule has 0 aromatic heterocycles. The zero-order chi connectivity index (χ0) is 11.1. The van der Waals surface area contributed by atoms with Crippen LogP contribution in [0.25, 0.3) is 0 Å². The molecule has 0 spiro atoms. The first-order chi connectivity index (χ1) is 6.99. The lowest BCUT2D eigenvalue weighted by Crippen LogP contribution is -2.36. The Hall–Kier alpha value is -1.12. The molecule has 82 valence electrons. The number of ether oxygens (including phenoxy) is 1. The molecule has 0 radical (unpaired) electrons. The average molecular weight is 208 g/mol. The third-order valence-corrected chi connectivity index (χ3v) is 3.36. The van der Waals surface area contributed by atoms with Gasteiger partial charge in [0.1, 0.15) is 17.8 Å². The fourth-order valence-corrected chi connectivity index (χ4v) is 2.67. The minimum Gasteiger partial charge on any atom is -0.458 e. The SMILES string of the molecule is CC(=O)CC(=O)OC1(C)CC2C=CC1C2. The number of carbonyl (C=O) groups is 2. The number of hydrogen-bond acceptors (Lipinski definition) is 3. The number of allylic oxidation sites excluding steroid dienone is 1. The van der Waals surface area contributed by atoms with Crippen LogP contribution in [0.5, 0.6) is 0 Å². The lowest BCUT2D eigenvalue weighted by atomic mass is 9.90. The quantitative estimate of drug-likeness (QED) is 0.404. The molecule has 0 aromatic carbocycles. The standard InChI is InChI=1S/C12H16O3/c1-8(13)5-11(14)15-12(2)7-9-3-4-10(12)6-9/h3-4,9-10H,5-7H2,1-2H3. The molecule has 0 N–H and O–H groups in total. The van der Waals surface area contributed by atoms with Crippen molar-refractivity contribution in [1.29, 1.82) is 0 Å². The fraction of sp³-hybridized carbons (Fsp3) is 0.667. The third kappa shape index (κ3) is 1.96. The van der Waals surface area contributed by atoms with Gasteiger partial charge in [-0.1, -0.05) is 12.2 Å². The van der Waals surface area contributed by atoms with Gasteiger partial charge in [-0.05, 0) is 32.6 Å². The predicted octanol–water partition coefficient (Wildman–Crippen LogP) is 1.86. The van der Waals surface area contributed by atoms with Crippen LogP contribution in [0.2, 0.25) is 0 Å². The first-order valence-electron chi connectivity index (χ1n) is 5.39. The molecular weight excluding hydrogens is 192 g/mol. The summed E-state index contributed by atoms with van der Waals surface area (Å²) >= 11 is 0. The lowest BCUT2D eigenvalue weighted by Gasteiger charge is -2.31. The summed E-state index contributed by atoms with van der Waals surface area (Å²) in [6.45, 7) is 3.38. The maximum atomic E-state index is 11.4. The molecule has 2 aliphatic rings. The summed E-state index contributed by atoms with van der Waals surface area (Å²) in [5, 5.41) is 0. The van der Waals surface area contributed by atoms with Crippen LogP contribution in [0, 0.1) is 11.8 Å². The second kappa shape index (κ2) is 3.47. The second-order valence-corrected chi connectivity index (χ2v) is 4.86. The number of Topliss-reactive ketones (excluding diaryl/α,β-unsaturated/α-hetero) is 1. The number of rotatable bonds is 3. The molecule has 3 nitrogen and oxygen atoms in total. The minimum atomic E-state index is -0.383. The number of hydrogen-bond donors (Lipinski definition) is 0. The molecule has 0 aliphatic heterocycles. The van der Waals surface area contributed by atoms with Gasteiger partial charge < -0.3 is 4.74 Å². The first kappa shape index (κ1) is 10.4. The van der Waals surface area contributed by atoms with E-state index in [0.717, 1.165) is 12.8 Å². The van der Waals surface area contributed by atoms with Crippen molar-refractivity contribution in [2.75, 3.05) is 0 Å². The van der Waals surface area contributed by atoms with Gasteiger partial charge in [-0.3, -0.25) is 9.59 Å². The van der Waals surface area contributed by atoms with E-state index < -0.39 is 0 Å². The Labute approximate surface area is 89.5 Å². The molecule has 3 atom stereocenters. The molecule has 0 heterocycles. The maximum absolute atomic E-state index is 11.4. The fourth-order valence-electron chi connectivity index (χ4n) is 2.67. The molecule has 0 amide bonds. The summed E-state index contributed by atoms with van der Waals surface area (Å²) in [5.41, 5.74) is -0.369. The van der Waals surface area contributed by atoms with E-state index in [-0.39, 0.29) is 23.8 Å². The van der Waals surface area contributed by atoms with E-state index in [1.807, 2.05) is 6.92 Å². The van der Waals surface area contributed by atoms with Gasteiger partial charge >= 0.3 is 5.97 Å². The highest BCUT2D eigenvalue weighted by Crippen LogP contribution is 2.48. The summed E-state index contributed by atoms with van der Waals surface area (Å²) in [7, 11) is 0. The molecule has 2 bridgehead atoms. The van der Waals surface area contributed by atoms with Crippen molar-refractivity contribution in [3.8, 4) is 0 Å². The topological polar surface area (TPSA) is 43.4 Å². The van der Waals surface area contributed by atoms with Crippen LogP contribution in [0.1, 0.15) is 33.1 Å². The van der Waals surface area contributed by atoms with Crippen LogP contribution in [-0.2, 0) is 14.3 Å². The molecule has 3 heteroatoms. The summed E-state index contributed by atoms with van der Waals surface area (Å²) in [6.07, 6.45) is 6.22. The predicted molar refractivity (Wildman–Crippen MR) is 55.1 cm³/mol. The Bertz CT molecular complexity index is 332. The van der Waals surface area contributed by atoms with E-state index in [2.05, 4.69) is 12.2 Å². The second-order valence-electron chi connectivity index (χ2n) is 4.86. The molecule has 2 aliphatic carbocycles. The maximum Gasteiger partial charge on any atom is 0.313 e. The van der Waals surface area contributed by atoms with Crippen LogP contribution in [0.3, 0.4) is 0 Å². The van der Waals surface area contributed by atoms with E-state index in [4.69, 9.17) is 4.74 Å². The van der Waals surface area contributed by atoms with Crippen LogP contribution in [0.15, 0.2) is 12.2 Å².